The van der Waals surface area contributed by atoms with Crippen LogP contribution in [0.4, 0.5) is 0 Å². The Kier molecular flexibility index (Phi) is 17.5. The Bertz CT molecular complexity index is 501. The van der Waals surface area contributed by atoms with Gasteiger partial charge in [0.25, 0.3) is 0 Å². The Balaban J connectivity index is 1.81. The Morgan fingerprint density at radius 2 is 1.33 bits per heavy atom. The molecule has 0 unspecified atom stereocenters. The molecule has 1 saturated carbocycles. The minimum atomic E-state index is -0.691. The third-order valence-electron chi connectivity index (χ3n) is 6.08. The van der Waals surface area contributed by atoms with Gasteiger partial charge in [0.05, 0.1) is 0 Å². The minimum Gasteiger partial charge on any atom is -0.481 e. The highest BCUT2D eigenvalue weighted by atomic mass is 16.4. The molecular weight excluding hydrogens is 368 g/mol. The first kappa shape index (κ1) is 26.7. The van der Waals surface area contributed by atoms with Gasteiger partial charge in [0.15, 0.2) is 0 Å². The van der Waals surface area contributed by atoms with Gasteiger partial charge >= 0.3 is 5.97 Å². The molecule has 2 heteroatoms. The van der Waals surface area contributed by atoms with Crippen molar-refractivity contribution in [3.8, 4) is 0 Å². The van der Waals surface area contributed by atoms with Crippen molar-refractivity contribution in [1.29, 1.82) is 0 Å². The molecule has 0 saturated heterocycles. The topological polar surface area (TPSA) is 37.3 Å². The van der Waals surface area contributed by atoms with Gasteiger partial charge in [0.1, 0.15) is 0 Å². The van der Waals surface area contributed by atoms with Crippen LogP contribution >= 0.6 is 0 Å². The largest absolute Gasteiger partial charge is 0.481 e. The van der Waals surface area contributed by atoms with Gasteiger partial charge in [-0.1, -0.05) is 94.2 Å². The van der Waals surface area contributed by atoms with Crippen molar-refractivity contribution >= 4 is 5.97 Å². The van der Waals surface area contributed by atoms with Gasteiger partial charge in [-0.3, -0.25) is 4.79 Å². The van der Waals surface area contributed by atoms with Crippen LogP contribution in [0.2, 0.25) is 0 Å². The highest BCUT2D eigenvalue weighted by molar-refractivity contribution is 5.66. The van der Waals surface area contributed by atoms with Crippen LogP contribution in [-0.4, -0.2) is 11.1 Å². The maximum absolute atomic E-state index is 10.4. The molecule has 0 spiro atoms. The molecule has 1 atom stereocenters. The highest BCUT2D eigenvalue weighted by Gasteiger charge is 2.27. The summed E-state index contributed by atoms with van der Waals surface area (Å²) >= 11 is 0. The number of carboxylic acids is 1. The summed E-state index contributed by atoms with van der Waals surface area (Å²) in [6.45, 7) is 2.28. The maximum atomic E-state index is 10.4. The summed E-state index contributed by atoms with van der Waals surface area (Å²) in [6.07, 6.45) is 35.0. The fourth-order valence-electron chi connectivity index (χ4n) is 4.02. The average Bonchev–Trinajstić information content (AvgIpc) is 3.48. The van der Waals surface area contributed by atoms with Gasteiger partial charge in [-0.05, 0) is 70.1 Å². The number of allylic oxidation sites excluding steroid dienone is 6. The lowest BCUT2D eigenvalue weighted by Gasteiger charge is -2.00. The van der Waals surface area contributed by atoms with Crippen molar-refractivity contribution in [2.45, 2.75) is 129 Å². The second kappa shape index (κ2) is 19.6. The van der Waals surface area contributed by atoms with Gasteiger partial charge in [-0.2, -0.15) is 0 Å². The molecule has 1 fully saturated rings. The third-order valence-corrected chi connectivity index (χ3v) is 6.08. The molecule has 0 aromatic carbocycles. The highest BCUT2D eigenvalue weighted by Crippen LogP contribution is 2.42. The normalized spacial score (nSPS) is 17.5. The molecule has 0 amide bonds. The Morgan fingerprint density at radius 1 is 0.767 bits per heavy atom. The van der Waals surface area contributed by atoms with Crippen molar-refractivity contribution in [3.63, 3.8) is 0 Å². The van der Waals surface area contributed by atoms with Crippen LogP contribution in [0.1, 0.15) is 129 Å². The zero-order valence-electron chi connectivity index (χ0n) is 19.8. The lowest BCUT2D eigenvalue weighted by atomic mass is 10.1. The Labute approximate surface area is 186 Å². The molecule has 1 rings (SSSR count). The van der Waals surface area contributed by atoms with Crippen molar-refractivity contribution in [2.75, 3.05) is 0 Å². The molecule has 1 aliphatic carbocycles. The molecular formula is C28H48O2. The van der Waals surface area contributed by atoms with E-state index in [2.05, 4.69) is 37.3 Å². The van der Waals surface area contributed by atoms with Crippen LogP contribution in [0.25, 0.3) is 0 Å². The summed E-state index contributed by atoms with van der Waals surface area (Å²) in [7, 11) is 0. The molecule has 0 aliphatic heterocycles. The first-order valence-corrected chi connectivity index (χ1v) is 12.9. The molecule has 1 aliphatic rings. The van der Waals surface area contributed by atoms with E-state index in [0.717, 1.165) is 31.6 Å². The summed E-state index contributed by atoms with van der Waals surface area (Å²) in [6, 6.07) is 0. The summed E-state index contributed by atoms with van der Waals surface area (Å²) in [5, 5.41) is 8.59. The first-order valence-electron chi connectivity index (χ1n) is 12.9. The standard InChI is InChI=1S/C28H48O2/c1-2-3-4-5-6-7-8-9-10-11-12-13-16-19-22-26-25-27(26)23-20-17-14-15-18-21-24-28(29)30/h8-9,14-15,23,26H,2-7,10-13,16-22,24-25H2,1H3,(H,29,30)/b9-8-,15-14-,27-23?/t26-/m1/s1. The van der Waals surface area contributed by atoms with Gasteiger partial charge in [-0.15, -0.1) is 0 Å². The molecule has 30 heavy (non-hydrogen) atoms. The van der Waals surface area contributed by atoms with Gasteiger partial charge in [-0.25, -0.2) is 0 Å². The lowest BCUT2D eigenvalue weighted by Crippen LogP contribution is -1.92. The lowest BCUT2D eigenvalue weighted by molar-refractivity contribution is -0.137. The molecule has 0 aromatic heterocycles. The molecule has 172 valence electrons. The van der Waals surface area contributed by atoms with Crippen LogP contribution in [-0.2, 0) is 4.79 Å². The monoisotopic (exact) mass is 416 g/mol. The molecule has 1 N–H and O–H groups in total. The number of rotatable bonds is 21. The second-order valence-corrected chi connectivity index (χ2v) is 9.03. The van der Waals surface area contributed by atoms with Crippen LogP contribution in [0.15, 0.2) is 36.0 Å². The minimum absolute atomic E-state index is 0.284. The van der Waals surface area contributed by atoms with E-state index < -0.39 is 5.97 Å². The first-order chi connectivity index (χ1) is 14.7. The van der Waals surface area contributed by atoms with Crippen LogP contribution in [0.3, 0.4) is 0 Å². The summed E-state index contributed by atoms with van der Waals surface area (Å²) in [5.41, 5.74) is 1.69. The molecule has 2 nitrogen and oxygen atoms in total. The van der Waals surface area contributed by atoms with E-state index in [9.17, 15) is 4.79 Å². The maximum Gasteiger partial charge on any atom is 0.303 e. The van der Waals surface area contributed by atoms with Gasteiger partial charge < -0.3 is 5.11 Å². The fourth-order valence-corrected chi connectivity index (χ4v) is 4.02. The zero-order chi connectivity index (χ0) is 21.7. The SMILES string of the molecule is CCCCCCC/C=C\CCCCCCC[C@@H]1CC1=CCC/C=C\CCCC(=O)O. The van der Waals surface area contributed by atoms with E-state index in [1.807, 2.05) is 0 Å². The van der Waals surface area contributed by atoms with E-state index in [4.69, 9.17) is 5.11 Å². The number of carbonyl (C=O) groups is 1. The molecule has 0 heterocycles. The second-order valence-electron chi connectivity index (χ2n) is 9.03. The van der Waals surface area contributed by atoms with Crippen LogP contribution < -0.4 is 0 Å². The number of unbranched alkanes of at least 4 members (excludes halogenated alkanes) is 12. The van der Waals surface area contributed by atoms with E-state index in [-0.39, 0.29) is 6.42 Å². The summed E-state index contributed by atoms with van der Waals surface area (Å²) in [5.74, 6) is 0.202. The Morgan fingerprint density at radius 3 is 2.00 bits per heavy atom. The predicted molar refractivity (Wildman–Crippen MR) is 131 cm³/mol. The van der Waals surface area contributed by atoms with Gasteiger partial charge in [0, 0.05) is 6.42 Å². The number of hydrogen-bond acceptors (Lipinski definition) is 1. The smallest absolute Gasteiger partial charge is 0.303 e. The van der Waals surface area contributed by atoms with E-state index in [1.165, 1.54) is 89.9 Å². The van der Waals surface area contributed by atoms with E-state index >= 15 is 0 Å². The summed E-state index contributed by atoms with van der Waals surface area (Å²) in [4.78, 5) is 10.4. The quantitative estimate of drug-likeness (QED) is 0.149. The van der Waals surface area contributed by atoms with Crippen LogP contribution in [0, 0.1) is 5.92 Å². The van der Waals surface area contributed by atoms with Gasteiger partial charge in [0.2, 0.25) is 0 Å². The zero-order valence-corrected chi connectivity index (χ0v) is 19.8. The summed E-state index contributed by atoms with van der Waals surface area (Å²) < 4.78 is 0. The average molecular weight is 417 g/mol. The van der Waals surface area contributed by atoms with E-state index in [1.54, 1.807) is 5.57 Å². The van der Waals surface area contributed by atoms with Crippen LogP contribution in [0.5, 0.6) is 0 Å². The Hall–Kier alpha value is -1.31. The van der Waals surface area contributed by atoms with E-state index in [0.29, 0.717) is 0 Å². The van der Waals surface area contributed by atoms with Crippen molar-refractivity contribution in [1.82, 2.24) is 0 Å². The van der Waals surface area contributed by atoms with Crippen molar-refractivity contribution < 1.29 is 9.90 Å². The van der Waals surface area contributed by atoms with Crippen molar-refractivity contribution in [3.05, 3.63) is 36.0 Å². The number of hydrogen-bond donors (Lipinski definition) is 1. The predicted octanol–water partition coefficient (Wildman–Crippen LogP) is 9.17. The number of carboxylic acid groups (broad SMARTS) is 1. The van der Waals surface area contributed by atoms with Crippen molar-refractivity contribution in [2.24, 2.45) is 5.92 Å². The fraction of sp³-hybridized carbons (Fsp3) is 0.750. The molecule has 0 radical (unpaired) electrons. The molecule has 0 aromatic rings. The third kappa shape index (κ3) is 17.5. The molecule has 0 bridgehead atoms. The number of aliphatic carboxylic acids is 1.